The number of para-hydroxylation sites is 1. The average molecular weight is 385 g/mol. The Morgan fingerprint density at radius 2 is 2.07 bits per heavy atom. The van der Waals surface area contributed by atoms with E-state index in [4.69, 9.17) is 0 Å². The predicted molar refractivity (Wildman–Crippen MR) is 108 cm³/mol. The number of likely N-dealkylation sites (N-methyl/N-ethyl adjacent to an activating group) is 1. The van der Waals surface area contributed by atoms with Gasteiger partial charge in [-0.15, -0.1) is 0 Å². The van der Waals surface area contributed by atoms with Crippen molar-refractivity contribution in [2.75, 3.05) is 11.6 Å². The molecule has 148 valence electrons. The van der Waals surface area contributed by atoms with E-state index >= 15 is 8.78 Å². The second-order valence-electron chi connectivity index (χ2n) is 8.02. The van der Waals surface area contributed by atoms with Gasteiger partial charge in [0.2, 0.25) is 0 Å². The third-order valence-electron chi connectivity index (χ3n) is 5.97. The Morgan fingerprint density at radius 3 is 2.79 bits per heavy atom. The summed E-state index contributed by atoms with van der Waals surface area (Å²) in [6.45, 7) is 8.32. The Hall–Kier alpha value is -2.44. The number of nitrogens with one attached hydrogen (secondary N) is 2. The Bertz CT molecular complexity index is 1060. The Balaban J connectivity index is 1.94. The van der Waals surface area contributed by atoms with Crippen molar-refractivity contribution in [1.82, 2.24) is 10.3 Å². The number of aromatic nitrogens is 1. The van der Waals surface area contributed by atoms with Crippen LogP contribution in [0.2, 0.25) is 0 Å². The highest BCUT2D eigenvalue weighted by Gasteiger charge is 2.42. The van der Waals surface area contributed by atoms with Gasteiger partial charge in [-0.25, -0.2) is 13.8 Å². The molecule has 0 bridgehead atoms. The van der Waals surface area contributed by atoms with Gasteiger partial charge < -0.3 is 10.3 Å². The van der Waals surface area contributed by atoms with E-state index in [2.05, 4.69) is 10.3 Å². The third kappa shape index (κ3) is 2.63. The fraction of sp³-hybridized carbons (Fsp3) is 0.364. The summed E-state index contributed by atoms with van der Waals surface area (Å²) in [4.78, 5) is 3.13. The van der Waals surface area contributed by atoms with Gasteiger partial charge in [0.05, 0.1) is 22.3 Å². The molecule has 28 heavy (non-hydrogen) atoms. The standard InChI is InChI=1S/C22H25F2N3O/c1-5-25-18-9-15-17(27(28)22(18,3)4)10-16(23)19(20(15)24)14-8-6-7-13-12(2)11-26-21(13)14/h6-8,10-11,18,25-26,28H,5,9H2,1-4H3/t18-/m0/s1. The van der Waals surface area contributed by atoms with Crippen LogP contribution in [-0.4, -0.2) is 28.3 Å². The molecule has 2 aromatic carbocycles. The molecule has 4 rings (SSSR count). The minimum Gasteiger partial charge on any atom is -0.360 e. The number of nitrogens with zero attached hydrogens (tertiary/aromatic N) is 1. The molecular weight excluding hydrogens is 360 g/mol. The summed E-state index contributed by atoms with van der Waals surface area (Å²) in [6, 6.07) is 6.52. The van der Waals surface area contributed by atoms with Gasteiger partial charge in [0, 0.05) is 34.8 Å². The van der Waals surface area contributed by atoms with Crippen molar-refractivity contribution in [3.05, 3.63) is 53.2 Å². The van der Waals surface area contributed by atoms with Crippen molar-refractivity contribution >= 4 is 16.6 Å². The summed E-state index contributed by atoms with van der Waals surface area (Å²) in [5.74, 6) is -1.31. The van der Waals surface area contributed by atoms with Gasteiger partial charge in [0.25, 0.3) is 0 Å². The molecule has 1 aromatic heterocycles. The number of aryl methyl sites for hydroxylation is 1. The summed E-state index contributed by atoms with van der Waals surface area (Å²) in [5.41, 5.74) is 1.97. The van der Waals surface area contributed by atoms with Gasteiger partial charge >= 0.3 is 0 Å². The lowest BCUT2D eigenvalue weighted by Crippen LogP contribution is -2.60. The molecule has 1 aliphatic heterocycles. The van der Waals surface area contributed by atoms with Crippen LogP contribution in [0.15, 0.2) is 30.5 Å². The monoisotopic (exact) mass is 385 g/mol. The van der Waals surface area contributed by atoms with Crippen LogP contribution in [0.3, 0.4) is 0 Å². The Morgan fingerprint density at radius 1 is 1.32 bits per heavy atom. The lowest BCUT2D eigenvalue weighted by molar-refractivity contribution is 0.127. The molecule has 0 unspecified atom stereocenters. The van der Waals surface area contributed by atoms with Crippen molar-refractivity contribution in [3.8, 4) is 11.1 Å². The topological polar surface area (TPSA) is 51.3 Å². The summed E-state index contributed by atoms with van der Waals surface area (Å²) < 4.78 is 30.8. The Kier molecular flexibility index (Phi) is 4.43. The number of H-pyrrole nitrogens is 1. The van der Waals surface area contributed by atoms with E-state index < -0.39 is 17.2 Å². The van der Waals surface area contributed by atoms with Crippen LogP contribution in [0.25, 0.3) is 22.0 Å². The normalized spacial score (nSPS) is 18.5. The van der Waals surface area contributed by atoms with Gasteiger partial charge in [-0.3, -0.25) is 5.21 Å². The van der Waals surface area contributed by atoms with Crippen molar-refractivity contribution < 1.29 is 14.0 Å². The molecular formula is C22H25F2N3O. The Labute approximate surface area is 163 Å². The molecule has 0 saturated carbocycles. The van der Waals surface area contributed by atoms with E-state index in [0.717, 1.165) is 16.0 Å². The second kappa shape index (κ2) is 6.57. The molecule has 6 heteroatoms. The zero-order chi connectivity index (χ0) is 20.2. The van der Waals surface area contributed by atoms with Crippen LogP contribution in [0.1, 0.15) is 31.9 Å². The predicted octanol–water partition coefficient (Wildman–Crippen LogP) is 4.93. The summed E-state index contributed by atoms with van der Waals surface area (Å²) in [5, 5.41) is 16.0. The molecule has 0 spiro atoms. The lowest BCUT2D eigenvalue weighted by Gasteiger charge is -2.46. The molecule has 4 nitrogen and oxygen atoms in total. The zero-order valence-corrected chi connectivity index (χ0v) is 16.5. The first-order valence-corrected chi connectivity index (χ1v) is 9.57. The van der Waals surface area contributed by atoms with Crippen molar-refractivity contribution in [3.63, 3.8) is 0 Å². The zero-order valence-electron chi connectivity index (χ0n) is 16.5. The molecule has 3 aromatic rings. The SMILES string of the molecule is CCN[C@H]1Cc2c(cc(F)c(-c3cccc4c(C)c[nH]c34)c2F)N(O)C1(C)C. The average Bonchev–Trinajstić information content (AvgIpc) is 3.03. The van der Waals surface area contributed by atoms with E-state index in [-0.39, 0.29) is 17.3 Å². The van der Waals surface area contributed by atoms with E-state index in [9.17, 15) is 5.21 Å². The number of aromatic amines is 1. The van der Waals surface area contributed by atoms with Gasteiger partial charge in [0.1, 0.15) is 11.6 Å². The number of hydrogen-bond donors (Lipinski definition) is 3. The number of hydrogen-bond acceptors (Lipinski definition) is 3. The molecule has 0 saturated heterocycles. The molecule has 0 fully saturated rings. The highest BCUT2D eigenvalue weighted by molar-refractivity contribution is 5.96. The highest BCUT2D eigenvalue weighted by atomic mass is 19.1. The highest BCUT2D eigenvalue weighted by Crippen LogP contribution is 2.42. The molecule has 3 N–H and O–H groups in total. The van der Waals surface area contributed by atoms with E-state index in [1.54, 1.807) is 12.1 Å². The van der Waals surface area contributed by atoms with Gasteiger partial charge in [-0.1, -0.05) is 25.1 Å². The number of rotatable bonds is 3. The number of hydroxylamine groups is 1. The smallest absolute Gasteiger partial charge is 0.139 e. The molecule has 1 aliphatic rings. The maximum Gasteiger partial charge on any atom is 0.139 e. The number of halogens is 2. The molecule has 0 amide bonds. The maximum atomic E-state index is 15.7. The van der Waals surface area contributed by atoms with E-state index in [1.165, 1.54) is 6.07 Å². The first-order chi connectivity index (χ1) is 13.3. The first-order valence-electron chi connectivity index (χ1n) is 9.57. The largest absolute Gasteiger partial charge is 0.360 e. The lowest BCUT2D eigenvalue weighted by atomic mass is 9.82. The van der Waals surface area contributed by atoms with Crippen LogP contribution in [0, 0.1) is 18.6 Å². The summed E-state index contributed by atoms with van der Waals surface area (Å²) in [7, 11) is 0. The first kappa shape index (κ1) is 18.9. The number of fused-ring (bicyclic) bond motifs is 2. The van der Waals surface area contributed by atoms with Crippen LogP contribution < -0.4 is 10.4 Å². The van der Waals surface area contributed by atoms with Crippen LogP contribution >= 0.6 is 0 Å². The van der Waals surface area contributed by atoms with Crippen LogP contribution in [0.5, 0.6) is 0 Å². The minimum atomic E-state index is -0.694. The van der Waals surface area contributed by atoms with Gasteiger partial charge in [0.15, 0.2) is 0 Å². The summed E-state index contributed by atoms with van der Waals surface area (Å²) >= 11 is 0. The second-order valence-corrected chi connectivity index (χ2v) is 8.02. The number of anilines is 1. The van der Waals surface area contributed by atoms with Crippen LogP contribution in [0.4, 0.5) is 14.5 Å². The van der Waals surface area contributed by atoms with E-state index in [0.29, 0.717) is 29.6 Å². The molecule has 0 radical (unpaired) electrons. The van der Waals surface area contributed by atoms with Crippen molar-refractivity contribution in [2.24, 2.45) is 0 Å². The van der Waals surface area contributed by atoms with E-state index in [1.807, 2.05) is 40.0 Å². The van der Waals surface area contributed by atoms with Crippen molar-refractivity contribution in [1.29, 1.82) is 0 Å². The summed E-state index contributed by atoms with van der Waals surface area (Å²) in [6.07, 6.45) is 2.20. The van der Waals surface area contributed by atoms with Crippen molar-refractivity contribution in [2.45, 2.75) is 45.7 Å². The molecule has 2 heterocycles. The number of benzene rings is 2. The van der Waals surface area contributed by atoms with Crippen LogP contribution in [-0.2, 0) is 6.42 Å². The fourth-order valence-corrected chi connectivity index (χ4v) is 4.26. The maximum absolute atomic E-state index is 15.7. The fourth-order valence-electron chi connectivity index (χ4n) is 4.26. The minimum absolute atomic E-state index is 0.0606. The third-order valence-corrected chi connectivity index (χ3v) is 5.97. The quantitative estimate of drug-likeness (QED) is 0.599. The van der Waals surface area contributed by atoms with Gasteiger partial charge in [-0.05, 0) is 39.3 Å². The van der Waals surface area contributed by atoms with Gasteiger partial charge in [-0.2, -0.15) is 0 Å². The molecule has 1 atom stereocenters. The molecule has 0 aliphatic carbocycles.